The molecule has 1 aliphatic rings. The number of carbonyl (C=O) groups is 1. The number of hydrogen-bond donors (Lipinski definition) is 1. The van der Waals surface area contributed by atoms with Gasteiger partial charge in [-0.25, -0.2) is 13.2 Å². The van der Waals surface area contributed by atoms with E-state index < -0.39 is 16.0 Å². The van der Waals surface area contributed by atoms with E-state index in [1.165, 1.54) is 28.6 Å². The summed E-state index contributed by atoms with van der Waals surface area (Å²) in [7, 11) is -2.10. The van der Waals surface area contributed by atoms with Crippen LogP contribution in [0.3, 0.4) is 0 Å². The van der Waals surface area contributed by atoms with Gasteiger partial charge in [-0.15, -0.1) is 0 Å². The van der Waals surface area contributed by atoms with Crippen LogP contribution < -0.4 is 0 Å². The van der Waals surface area contributed by atoms with E-state index in [0.29, 0.717) is 19.5 Å². The number of benzene rings is 1. The maximum atomic E-state index is 12.3. The molecule has 7 heteroatoms. The average Bonchev–Trinajstić information content (AvgIpc) is 2.88. The summed E-state index contributed by atoms with van der Waals surface area (Å²) in [5.74, 6) is -1.15. The van der Waals surface area contributed by atoms with Crippen LogP contribution in [0.1, 0.15) is 16.8 Å². The van der Waals surface area contributed by atoms with Crippen molar-refractivity contribution in [2.45, 2.75) is 17.4 Å². The van der Waals surface area contributed by atoms with Crippen LogP contribution in [0.25, 0.3) is 0 Å². The molecule has 104 valence electrons. The SMILES string of the molecule is COC1CCN(S(=O)(=O)c2cccc(C(=O)O)c2)C1. The van der Waals surface area contributed by atoms with E-state index in [1.807, 2.05) is 0 Å². The predicted octanol–water partition coefficient (Wildman–Crippen LogP) is 0.794. The molecule has 1 aliphatic heterocycles. The summed E-state index contributed by atoms with van der Waals surface area (Å²) in [6, 6.07) is 5.38. The largest absolute Gasteiger partial charge is 0.478 e. The number of carboxylic acid groups (broad SMARTS) is 1. The fourth-order valence-corrected chi connectivity index (χ4v) is 3.58. The van der Waals surface area contributed by atoms with Crippen molar-refractivity contribution in [3.05, 3.63) is 29.8 Å². The highest BCUT2D eigenvalue weighted by molar-refractivity contribution is 7.89. The molecular formula is C12H15NO5S. The third-order valence-corrected chi connectivity index (χ3v) is 5.02. The number of carboxylic acids is 1. The lowest BCUT2D eigenvalue weighted by molar-refractivity contribution is 0.0696. The number of nitrogens with zero attached hydrogens (tertiary/aromatic N) is 1. The minimum absolute atomic E-state index is 0.00385. The predicted molar refractivity (Wildman–Crippen MR) is 67.6 cm³/mol. The smallest absolute Gasteiger partial charge is 0.335 e. The Balaban J connectivity index is 2.30. The van der Waals surface area contributed by atoms with Crippen molar-refractivity contribution in [1.82, 2.24) is 4.31 Å². The molecule has 19 heavy (non-hydrogen) atoms. The number of ether oxygens (including phenoxy) is 1. The van der Waals surface area contributed by atoms with Gasteiger partial charge < -0.3 is 9.84 Å². The second-order valence-electron chi connectivity index (χ2n) is 4.34. The first kappa shape index (κ1) is 14.0. The van der Waals surface area contributed by atoms with E-state index in [2.05, 4.69) is 0 Å². The zero-order valence-corrected chi connectivity index (χ0v) is 11.3. The van der Waals surface area contributed by atoms with Gasteiger partial charge in [0.25, 0.3) is 0 Å². The number of hydrogen-bond acceptors (Lipinski definition) is 4. The summed E-state index contributed by atoms with van der Waals surface area (Å²) in [6.07, 6.45) is 0.548. The summed E-state index contributed by atoms with van der Waals surface area (Å²) in [4.78, 5) is 10.9. The molecule has 0 spiro atoms. The third-order valence-electron chi connectivity index (χ3n) is 3.16. The lowest BCUT2D eigenvalue weighted by Crippen LogP contribution is -2.30. The highest BCUT2D eigenvalue weighted by Gasteiger charge is 2.32. The van der Waals surface area contributed by atoms with Crippen molar-refractivity contribution >= 4 is 16.0 Å². The van der Waals surface area contributed by atoms with Crippen LogP contribution in [0.5, 0.6) is 0 Å². The second-order valence-corrected chi connectivity index (χ2v) is 6.28. The van der Waals surface area contributed by atoms with E-state index in [-0.39, 0.29) is 16.6 Å². The molecule has 0 bridgehead atoms. The molecule has 1 saturated heterocycles. The molecule has 1 unspecified atom stereocenters. The molecule has 1 atom stereocenters. The average molecular weight is 285 g/mol. The first-order chi connectivity index (χ1) is 8.95. The number of rotatable bonds is 4. The summed E-state index contributed by atoms with van der Waals surface area (Å²) in [5, 5.41) is 8.89. The second kappa shape index (κ2) is 5.28. The van der Waals surface area contributed by atoms with Crippen molar-refractivity contribution < 1.29 is 23.1 Å². The highest BCUT2D eigenvalue weighted by atomic mass is 32.2. The number of aromatic carboxylic acids is 1. The minimum Gasteiger partial charge on any atom is -0.478 e. The maximum Gasteiger partial charge on any atom is 0.335 e. The van der Waals surface area contributed by atoms with E-state index in [9.17, 15) is 13.2 Å². The Morgan fingerprint density at radius 3 is 2.79 bits per heavy atom. The van der Waals surface area contributed by atoms with E-state index >= 15 is 0 Å². The first-order valence-corrected chi connectivity index (χ1v) is 7.25. The molecule has 0 radical (unpaired) electrons. The fourth-order valence-electron chi connectivity index (χ4n) is 2.05. The first-order valence-electron chi connectivity index (χ1n) is 5.81. The molecule has 0 aliphatic carbocycles. The molecule has 1 heterocycles. The van der Waals surface area contributed by atoms with Gasteiger partial charge in [-0.1, -0.05) is 6.07 Å². The standard InChI is InChI=1S/C12H15NO5S/c1-18-10-5-6-13(8-10)19(16,17)11-4-2-3-9(7-11)12(14)15/h2-4,7,10H,5-6,8H2,1H3,(H,14,15). The Bertz CT molecular complexity index is 584. The van der Waals surface area contributed by atoms with E-state index in [1.54, 1.807) is 7.11 Å². The molecular weight excluding hydrogens is 270 g/mol. The Kier molecular flexibility index (Phi) is 3.88. The monoisotopic (exact) mass is 285 g/mol. The van der Waals surface area contributed by atoms with Gasteiger partial charge in [0, 0.05) is 20.2 Å². The van der Waals surface area contributed by atoms with Crippen LogP contribution in [0.4, 0.5) is 0 Å². The topological polar surface area (TPSA) is 83.9 Å². The Labute approximate surface area is 111 Å². The molecule has 0 saturated carbocycles. The lowest BCUT2D eigenvalue weighted by atomic mass is 10.2. The molecule has 0 amide bonds. The number of methoxy groups -OCH3 is 1. The van der Waals surface area contributed by atoms with Gasteiger partial charge in [-0.3, -0.25) is 0 Å². The van der Waals surface area contributed by atoms with Gasteiger partial charge in [0.2, 0.25) is 10.0 Å². The zero-order chi connectivity index (χ0) is 14.0. The maximum absolute atomic E-state index is 12.3. The lowest BCUT2D eigenvalue weighted by Gasteiger charge is -2.16. The summed E-state index contributed by atoms with van der Waals surface area (Å²) in [5.41, 5.74) is -0.0384. The Hall–Kier alpha value is -1.44. The van der Waals surface area contributed by atoms with Gasteiger partial charge in [0.1, 0.15) is 0 Å². The van der Waals surface area contributed by atoms with Gasteiger partial charge >= 0.3 is 5.97 Å². The van der Waals surface area contributed by atoms with Crippen LogP contribution in [-0.4, -0.2) is 50.1 Å². The quantitative estimate of drug-likeness (QED) is 0.884. The van der Waals surface area contributed by atoms with E-state index in [4.69, 9.17) is 9.84 Å². The van der Waals surface area contributed by atoms with Crippen LogP contribution in [0, 0.1) is 0 Å². The molecule has 2 rings (SSSR count). The van der Waals surface area contributed by atoms with Crippen LogP contribution in [0.2, 0.25) is 0 Å². The highest BCUT2D eigenvalue weighted by Crippen LogP contribution is 2.22. The summed E-state index contributed by atoms with van der Waals surface area (Å²) >= 11 is 0. The van der Waals surface area contributed by atoms with Crippen molar-refractivity contribution in [3.8, 4) is 0 Å². The molecule has 1 fully saturated rings. The van der Waals surface area contributed by atoms with Gasteiger partial charge in [0.15, 0.2) is 0 Å². The Morgan fingerprint density at radius 1 is 1.47 bits per heavy atom. The normalized spacial score (nSPS) is 20.6. The summed E-state index contributed by atoms with van der Waals surface area (Å²) < 4.78 is 31.2. The van der Waals surface area contributed by atoms with Gasteiger partial charge in [0.05, 0.1) is 16.6 Å². The van der Waals surface area contributed by atoms with Crippen molar-refractivity contribution in [2.24, 2.45) is 0 Å². The molecule has 0 aromatic heterocycles. The van der Waals surface area contributed by atoms with Crippen molar-refractivity contribution in [2.75, 3.05) is 20.2 Å². The minimum atomic E-state index is -3.65. The van der Waals surface area contributed by atoms with Crippen LogP contribution in [0.15, 0.2) is 29.2 Å². The summed E-state index contributed by atoms with van der Waals surface area (Å²) in [6.45, 7) is 0.689. The van der Waals surface area contributed by atoms with Crippen LogP contribution >= 0.6 is 0 Å². The Morgan fingerprint density at radius 2 is 2.21 bits per heavy atom. The van der Waals surface area contributed by atoms with Crippen molar-refractivity contribution in [1.29, 1.82) is 0 Å². The zero-order valence-electron chi connectivity index (χ0n) is 10.4. The van der Waals surface area contributed by atoms with Gasteiger partial charge in [-0.05, 0) is 24.6 Å². The molecule has 1 aromatic rings. The third kappa shape index (κ3) is 2.78. The van der Waals surface area contributed by atoms with Crippen LogP contribution in [-0.2, 0) is 14.8 Å². The number of sulfonamides is 1. The van der Waals surface area contributed by atoms with Gasteiger partial charge in [-0.2, -0.15) is 4.31 Å². The van der Waals surface area contributed by atoms with E-state index in [0.717, 1.165) is 0 Å². The fraction of sp³-hybridized carbons (Fsp3) is 0.417. The molecule has 6 nitrogen and oxygen atoms in total. The molecule has 1 N–H and O–H groups in total. The van der Waals surface area contributed by atoms with Crippen molar-refractivity contribution in [3.63, 3.8) is 0 Å². The molecule has 1 aromatic carbocycles.